The first kappa shape index (κ1) is 9.39. The van der Waals surface area contributed by atoms with Gasteiger partial charge in [-0.25, -0.2) is 0 Å². The van der Waals surface area contributed by atoms with Crippen molar-refractivity contribution in [3.63, 3.8) is 0 Å². The Kier molecular flexibility index (Phi) is 2.21. The van der Waals surface area contributed by atoms with Gasteiger partial charge in [0.2, 0.25) is 5.88 Å². The molecular formula is C10H11N3O2. The van der Waals surface area contributed by atoms with Crippen LogP contribution in [0.3, 0.4) is 0 Å². The van der Waals surface area contributed by atoms with Crippen LogP contribution in [-0.4, -0.2) is 22.0 Å². The fraction of sp³-hybridized carbons (Fsp3) is 0.100. The highest BCUT2D eigenvalue weighted by atomic mass is 16.5. The first-order chi connectivity index (χ1) is 7.20. The van der Waals surface area contributed by atoms with Gasteiger partial charge in [-0.1, -0.05) is 0 Å². The summed E-state index contributed by atoms with van der Waals surface area (Å²) in [5, 5.41) is 13.2. The van der Waals surface area contributed by atoms with E-state index in [4.69, 9.17) is 15.6 Å². The van der Waals surface area contributed by atoms with Crippen molar-refractivity contribution in [1.82, 2.24) is 9.78 Å². The van der Waals surface area contributed by atoms with Gasteiger partial charge in [0.15, 0.2) is 0 Å². The van der Waals surface area contributed by atoms with Gasteiger partial charge in [-0.2, -0.15) is 4.68 Å². The quantitative estimate of drug-likeness (QED) is 0.771. The molecule has 15 heavy (non-hydrogen) atoms. The standard InChI is InChI=1S/C10H11N3O2/c1-15-10-6-9(11)12-13(10)7-2-4-8(14)5-3-7/h2-6,14H,1H3,(H2,11,12). The summed E-state index contributed by atoms with van der Waals surface area (Å²) in [5.41, 5.74) is 6.34. The molecule has 2 aromatic rings. The number of phenolic OH excluding ortho intramolecular Hbond substituents is 1. The lowest BCUT2D eigenvalue weighted by atomic mass is 10.3. The number of anilines is 1. The molecule has 3 N–H and O–H groups in total. The Morgan fingerprint density at radius 2 is 2.00 bits per heavy atom. The number of ether oxygens (including phenoxy) is 1. The third-order valence-electron chi connectivity index (χ3n) is 2.00. The molecule has 0 fully saturated rings. The van der Waals surface area contributed by atoms with Crippen LogP contribution < -0.4 is 10.5 Å². The third kappa shape index (κ3) is 1.71. The van der Waals surface area contributed by atoms with E-state index in [0.29, 0.717) is 11.7 Å². The normalized spacial score (nSPS) is 10.2. The summed E-state index contributed by atoms with van der Waals surface area (Å²) in [6.07, 6.45) is 0. The van der Waals surface area contributed by atoms with E-state index in [9.17, 15) is 0 Å². The summed E-state index contributed by atoms with van der Waals surface area (Å²) in [7, 11) is 1.55. The first-order valence-corrected chi connectivity index (χ1v) is 4.39. The van der Waals surface area contributed by atoms with Crippen molar-refractivity contribution < 1.29 is 9.84 Å². The van der Waals surface area contributed by atoms with E-state index < -0.39 is 0 Å². The van der Waals surface area contributed by atoms with E-state index >= 15 is 0 Å². The molecule has 0 saturated carbocycles. The molecule has 5 nitrogen and oxygen atoms in total. The van der Waals surface area contributed by atoms with Crippen molar-refractivity contribution in [1.29, 1.82) is 0 Å². The van der Waals surface area contributed by atoms with Crippen LogP contribution >= 0.6 is 0 Å². The molecule has 2 rings (SSSR count). The number of aromatic hydroxyl groups is 1. The predicted octanol–water partition coefficient (Wildman–Crippen LogP) is 1.17. The van der Waals surface area contributed by atoms with Crippen molar-refractivity contribution in [2.24, 2.45) is 0 Å². The minimum atomic E-state index is 0.206. The van der Waals surface area contributed by atoms with Gasteiger partial charge in [-0.3, -0.25) is 0 Å². The minimum Gasteiger partial charge on any atom is -0.508 e. The van der Waals surface area contributed by atoms with Crippen LogP contribution in [0.4, 0.5) is 5.82 Å². The number of aromatic nitrogens is 2. The molecule has 0 bridgehead atoms. The van der Waals surface area contributed by atoms with E-state index in [1.165, 1.54) is 0 Å². The number of nitrogens with two attached hydrogens (primary N) is 1. The Morgan fingerprint density at radius 1 is 1.33 bits per heavy atom. The molecule has 1 aromatic carbocycles. The second kappa shape index (κ2) is 3.53. The van der Waals surface area contributed by atoms with Gasteiger partial charge in [-0.15, -0.1) is 5.10 Å². The number of rotatable bonds is 2. The van der Waals surface area contributed by atoms with Crippen LogP contribution in [0.5, 0.6) is 11.6 Å². The lowest BCUT2D eigenvalue weighted by molar-refractivity contribution is 0.383. The van der Waals surface area contributed by atoms with E-state index in [0.717, 1.165) is 5.69 Å². The number of hydrogen-bond donors (Lipinski definition) is 2. The maximum Gasteiger partial charge on any atom is 0.218 e. The summed E-state index contributed by atoms with van der Waals surface area (Å²) in [6, 6.07) is 8.24. The van der Waals surface area contributed by atoms with Crippen molar-refractivity contribution in [3.8, 4) is 17.3 Å². The molecule has 0 atom stereocenters. The number of benzene rings is 1. The largest absolute Gasteiger partial charge is 0.508 e. The van der Waals surface area contributed by atoms with E-state index in [1.54, 1.807) is 42.1 Å². The van der Waals surface area contributed by atoms with Crippen LogP contribution in [0.15, 0.2) is 30.3 Å². The van der Waals surface area contributed by atoms with Gasteiger partial charge in [0.1, 0.15) is 11.6 Å². The van der Waals surface area contributed by atoms with Crippen molar-refractivity contribution in [2.45, 2.75) is 0 Å². The zero-order valence-corrected chi connectivity index (χ0v) is 8.21. The molecule has 0 aliphatic rings. The third-order valence-corrected chi connectivity index (χ3v) is 2.00. The maximum absolute atomic E-state index is 9.15. The maximum atomic E-state index is 9.15. The van der Waals surface area contributed by atoms with Gasteiger partial charge in [0, 0.05) is 6.07 Å². The summed E-state index contributed by atoms with van der Waals surface area (Å²) >= 11 is 0. The second-order valence-electron chi connectivity index (χ2n) is 3.04. The average Bonchev–Trinajstić information content (AvgIpc) is 2.61. The molecule has 0 aliphatic carbocycles. The Bertz CT molecular complexity index is 462. The van der Waals surface area contributed by atoms with Crippen LogP contribution in [-0.2, 0) is 0 Å². The average molecular weight is 205 g/mol. The summed E-state index contributed by atoms with van der Waals surface area (Å²) in [5.74, 6) is 1.15. The topological polar surface area (TPSA) is 73.3 Å². The molecule has 0 amide bonds. The Labute approximate surface area is 86.7 Å². The number of hydrogen-bond acceptors (Lipinski definition) is 4. The highest BCUT2D eigenvalue weighted by molar-refractivity contribution is 5.43. The molecule has 0 radical (unpaired) electrons. The minimum absolute atomic E-state index is 0.206. The Hall–Kier alpha value is -2.17. The number of phenols is 1. The van der Waals surface area contributed by atoms with Crippen LogP contribution in [0, 0.1) is 0 Å². The van der Waals surface area contributed by atoms with Crippen molar-refractivity contribution in [2.75, 3.05) is 12.8 Å². The summed E-state index contributed by atoms with van der Waals surface area (Å²) < 4.78 is 6.67. The predicted molar refractivity (Wildman–Crippen MR) is 56.2 cm³/mol. The lowest BCUT2D eigenvalue weighted by Crippen LogP contribution is -1.99. The zero-order chi connectivity index (χ0) is 10.8. The molecule has 5 heteroatoms. The molecule has 1 heterocycles. The smallest absolute Gasteiger partial charge is 0.218 e. The zero-order valence-electron chi connectivity index (χ0n) is 8.21. The molecule has 0 spiro atoms. The van der Waals surface area contributed by atoms with Crippen molar-refractivity contribution >= 4 is 5.82 Å². The Morgan fingerprint density at radius 3 is 2.60 bits per heavy atom. The number of methoxy groups -OCH3 is 1. The van der Waals surface area contributed by atoms with Crippen LogP contribution in [0.25, 0.3) is 5.69 Å². The fourth-order valence-corrected chi connectivity index (χ4v) is 1.31. The highest BCUT2D eigenvalue weighted by Crippen LogP contribution is 2.21. The van der Waals surface area contributed by atoms with Gasteiger partial charge in [0.25, 0.3) is 0 Å². The summed E-state index contributed by atoms with van der Waals surface area (Å²) in [4.78, 5) is 0. The van der Waals surface area contributed by atoms with Gasteiger partial charge < -0.3 is 15.6 Å². The molecule has 78 valence electrons. The van der Waals surface area contributed by atoms with Gasteiger partial charge in [0.05, 0.1) is 12.8 Å². The van der Waals surface area contributed by atoms with Gasteiger partial charge >= 0.3 is 0 Å². The van der Waals surface area contributed by atoms with Crippen LogP contribution in [0.1, 0.15) is 0 Å². The first-order valence-electron chi connectivity index (χ1n) is 4.39. The van der Waals surface area contributed by atoms with E-state index in [2.05, 4.69) is 5.10 Å². The SMILES string of the molecule is COc1cc(N)nn1-c1ccc(O)cc1. The van der Waals surface area contributed by atoms with Crippen molar-refractivity contribution in [3.05, 3.63) is 30.3 Å². The molecular weight excluding hydrogens is 194 g/mol. The monoisotopic (exact) mass is 205 g/mol. The lowest BCUT2D eigenvalue weighted by Gasteiger charge is -2.05. The highest BCUT2D eigenvalue weighted by Gasteiger charge is 2.07. The number of nitrogen functional groups attached to an aromatic ring is 1. The molecule has 0 saturated heterocycles. The number of nitrogens with zero attached hydrogens (tertiary/aromatic N) is 2. The van der Waals surface area contributed by atoms with E-state index in [-0.39, 0.29) is 5.75 Å². The molecule has 0 aliphatic heterocycles. The molecule has 0 unspecified atom stereocenters. The summed E-state index contributed by atoms with van der Waals surface area (Å²) in [6.45, 7) is 0. The van der Waals surface area contributed by atoms with Crippen LogP contribution in [0.2, 0.25) is 0 Å². The molecule has 1 aromatic heterocycles. The van der Waals surface area contributed by atoms with E-state index in [1.807, 2.05) is 0 Å². The fourth-order valence-electron chi connectivity index (χ4n) is 1.31. The second-order valence-corrected chi connectivity index (χ2v) is 3.04. The van der Waals surface area contributed by atoms with Gasteiger partial charge in [-0.05, 0) is 24.3 Å². The Balaban J connectivity index is 2.48.